The highest BCUT2D eigenvalue weighted by atomic mass is 16.5. The lowest BCUT2D eigenvalue weighted by Gasteiger charge is -2.21. The molecule has 0 bridgehead atoms. The van der Waals surface area contributed by atoms with Crippen molar-refractivity contribution < 1.29 is 23.9 Å². The lowest BCUT2D eigenvalue weighted by Crippen LogP contribution is -2.47. The van der Waals surface area contributed by atoms with Gasteiger partial charge in [0, 0.05) is 0 Å². The van der Waals surface area contributed by atoms with E-state index in [9.17, 15) is 14.4 Å². The summed E-state index contributed by atoms with van der Waals surface area (Å²) < 4.78 is 11.6. The van der Waals surface area contributed by atoms with E-state index in [1.165, 1.54) is 7.11 Å². The summed E-state index contributed by atoms with van der Waals surface area (Å²) in [7, 11) is 1.26. The topological polar surface area (TPSA) is 99.5 Å². The number of nitrogens with zero attached hydrogens (tertiary/aromatic N) is 2. The van der Waals surface area contributed by atoms with Gasteiger partial charge in [0.2, 0.25) is 0 Å². The average Bonchev–Trinajstić information content (AvgIpc) is 3.03. The summed E-state index contributed by atoms with van der Waals surface area (Å²) in [5, 5.41) is 6.97. The SMILES string of the molecule is CC[C@@H](C)[C@@H](NC(=O)COC(=O)c1c(C)nn(-c2ccccc2)c1C)C(=O)OC. The van der Waals surface area contributed by atoms with E-state index in [0.717, 1.165) is 5.69 Å². The van der Waals surface area contributed by atoms with Crippen LogP contribution >= 0.6 is 0 Å². The van der Waals surface area contributed by atoms with Crippen molar-refractivity contribution in [2.24, 2.45) is 5.92 Å². The highest BCUT2D eigenvalue weighted by molar-refractivity contribution is 5.94. The Morgan fingerprint density at radius 1 is 1.17 bits per heavy atom. The van der Waals surface area contributed by atoms with Crippen LogP contribution in [0.1, 0.15) is 42.0 Å². The van der Waals surface area contributed by atoms with Gasteiger partial charge in [-0.3, -0.25) is 4.79 Å². The lowest BCUT2D eigenvalue weighted by atomic mass is 9.99. The normalized spacial score (nSPS) is 12.7. The van der Waals surface area contributed by atoms with Crippen LogP contribution in [0.2, 0.25) is 0 Å². The molecule has 1 heterocycles. The summed E-state index contributed by atoms with van der Waals surface area (Å²) >= 11 is 0. The smallest absolute Gasteiger partial charge is 0.342 e. The minimum absolute atomic E-state index is 0.115. The van der Waals surface area contributed by atoms with Crippen molar-refractivity contribution >= 4 is 17.8 Å². The third kappa shape index (κ3) is 5.22. The predicted molar refractivity (Wildman–Crippen MR) is 107 cm³/mol. The second kappa shape index (κ2) is 9.86. The van der Waals surface area contributed by atoms with Crippen molar-refractivity contribution in [3.8, 4) is 5.69 Å². The van der Waals surface area contributed by atoms with E-state index in [2.05, 4.69) is 10.4 Å². The van der Waals surface area contributed by atoms with Crippen molar-refractivity contribution in [1.82, 2.24) is 15.1 Å². The Labute approximate surface area is 170 Å². The first-order chi connectivity index (χ1) is 13.8. The number of benzene rings is 1. The molecule has 1 aromatic carbocycles. The van der Waals surface area contributed by atoms with Crippen LogP contribution in [-0.4, -0.2) is 47.4 Å². The molecule has 0 fully saturated rings. The van der Waals surface area contributed by atoms with Gasteiger partial charge >= 0.3 is 11.9 Å². The molecule has 2 rings (SSSR count). The Hall–Kier alpha value is -3.16. The maximum Gasteiger partial charge on any atom is 0.342 e. The van der Waals surface area contributed by atoms with E-state index in [0.29, 0.717) is 23.4 Å². The van der Waals surface area contributed by atoms with Gasteiger partial charge in [-0.2, -0.15) is 5.10 Å². The van der Waals surface area contributed by atoms with Gasteiger partial charge in [0.1, 0.15) is 11.6 Å². The van der Waals surface area contributed by atoms with E-state index < -0.39 is 30.5 Å². The van der Waals surface area contributed by atoms with Crippen LogP contribution in [-0.2, 0) is 19.1 Å². The molecule has 0 spiro atoms. The summed E-state index contributed by atoms with van der Waals surface area (Å²) in [5.41, 5.74) is 2.25. The van der Waals surface area contributed by atoms with E-state index in [1.807, 2.05) is 44.2 Å². The molecule has 2 aromatic rings. The van der Waals surface area contributed by atoms with Gasteiger partial charge in [-0.1, -0.05) is 38.5 Å². The van der Waals surface area contributed by atoms with E-state index in [4.69, 9.17) is 9.47 Å². The molecule has 8 heteroatoms. The number of esters is 2. The van der Waals surface area contributed by atoms with Crippen molar-refractivity contribution in [1.29, 1.82) is 0 Å². The molecule has 29 heavy (non-hydrogen) atoms. The van der Waals surface area contributed by atoms with Gasteiger partial charge in [-0.15, -0.1) is 0 Å². The number of aryl methyl sites for hydroxylation is 1. The van der Waals surface area contributed by atoms with E-state index in [1.54, 1.807) is 18.5 Å². The Balaban J connectivity index is 2.06. The summed E-state index contributed by atoms with van der Waals surface area (Å²) in [6.45, 7) is 6.71. The van der Waals surface area contributed by atoms with E-state index >= 15 is 0 Å². The molecule has 1 aromatic heterocycles. The van der Waals surface area contributed by atoms with Crippen molar-refractivity contribution in [3.05, 3.63) is 47.3 Å². The Kier molecular flexibility index (Phi) is 7.52. The second-order valence-corrected chi connectivity index (χ2v) is 6.82. The molecule has 0 aliphatic carbocycles. The van der Waals surface area contributed by atoms with Crippen LogP contribution in [0.15, 0.2) is 30.3 Å². The maximum atomic E-state index is 12.6. The first-order valence-corrected chi connectivity index (χ1v) is 9.46. The fourth-order valence-corrected chi connectivity index (χ4v) is 2.97. The molecule has 0 unspecified atom stereocenters. The molecule has 156 valence electrons. The average molecular weight is 401 g/mol. The zero-order chi connectivity index (χ0) is 21.6. The molecule has 0 aliphatic rings. The molecule has 0 saturated heterocycles. The molecule has 0 radical (unpaired) electrons. The molecule has 8 nitrogen and oxygen atoms in total. The van der Waals surface area contributed by atoms with Gasteiger partial charge in [0.15, 0.2) is 6.61 Å². The number of carbonyl (C=O) groups excluding carboxylic acids is 3. The molecule has 1 N–H and O–H groups in total. The second-order valence-electron chi connectivity index (χ2n) is 6.82. The third-order valence-electron chi connectivity index (χ3n) is 4.82. The monoisotopic (exact) mass is 401 g/mol. The predicted octanol–water partition coefficient (Wildman–Crippen LogP) is 2.35. The number of para-hydroxylation sites is 1. The number of hydrogen-bond donors (Lipinski definition) is 1. The van der Waals surface area contributed by atoms with Gasteiger partial charge in [0.25, 0.3) is 5.91 Å². The number of aromatic nitrogens is 2. The third-order valence-corrected chi connectivity index (χ3v) is 4.82. The highest BCUT2D eigenvalue weighted by Crippen LogP contribution is 2.18. The maximum absolute atomic E-state index is 12.6. The molecular weight excluding hydrogens is 374 g/mol. The summed E-state index contributed by atoms with van der Waals surface area (Å²) in [5.74, 6) is -1.86. The zero-order valence-electron chi connectivity index (χ0n) is 17.4. The van der Waals surface area contributed by atoms with Crippen LogP contribution < -0.4 is 5.32 Å². The number of amides is 1. The first kappa shape index (κ1) is 22.1. The minimum Gasteiger partial charge on any atom is -0.467 e. The summed E-state index contributed by atoms with van der Waals surface area (Å²) in [4.78, 5) is 36.6. The molecular formula is C21H27N3O5. The standard InChI is InChI=1S/C21H27N3O5/c1-6-13(2)19(21(27)28-5)22-17(25)12-29-20(26)18-14(3)23-24(15(18)4)16-10-8-7-9-11-16/h7-11,13,19H,6,12H2,1-5H3,(H,22,25)/t13-,19-/m1/s1. The number of rotatable bonds is 8. The van der Waals surface area contributed by atoms with Crippen LogP contribution in [0.4, 0.5) is 0 Å². The largest absolute Gasteiger partial charge is 0.467 e. The number of ether oxygens (including phenoxy) is 2. The Morgan fingerprint density at radius 2 is 1.83 bits per heavy atom. The van der Waals surface area contributed by atoms with Crippen molar-refractivity contribution in [3.63, 3.8) is 0 Å². The van der Waals surface area contributed by atoms with Gasteiger partial charge < -0.3 is 14.8 Å². The fraction of sp³-hybridized carbons (Fsp3) is 0.429. The molecule has 1 amide bonds. The number of carbonyl (C=O) groups is 3. The van der Waals surface area contributed by atoms with Crippen molar-refractivity contribution in [2.75, 3.05) is 13.7 Å². The van der Waals surface area contributed by atoms with Crippen molar-refractivity contribution in [2.45, 2.75) is 40.2 Å². The van der Waals surface area contributed by atoms with E-state index in [-0.39, 0.29) is 5.92 Å². The Bertz CT molecular complexity index is 876. The first-order valence-electron chi connectivity index (χ1n) is 9.46. The summed E-state index contributed by atoms with van der Waals surface area (Å²) in [6.07, 6.45) is 0.677. The number of hydrogen-bond acceptors (Lipinski definition) is 6. The molecule has 0 saturated carbocycles. The summed E-state index contributed by atoms with van der Waals surface area (Å²) in [6, 6.07) is 8.62. The Morgan fingerprint density at radius 3 is 2.41 bits per heavy atom. The van der Waals surface area contributed by atoms with Gasteiger partial charge in [-0.05, 0) is 31.9 Å². The van der Waals surface area contributed by atoms with Gasteiger partial charge in [0.05, 0.1) is 24.2 Å². The number of nitrogens with one attached hydrogen (secondary N) is 1. The highest BCUT2D eigenvalue weighted by Gasteiger charge is 2.27. The van der Waals surface area contributed by atoms with Crippen LogP contribution in [0, 0.1) is 19.8 Å². The van der Waals surface area contributed by atoms with Crippen LogP contribution in [0.5, 0.6) is 0 Å². The minimum atomic E-state index is -0.791. The van der Waals surface area contributed by atoms with Gasteiger partial charge in [-0.25, -0.2) is 14.3 Å². The fourth-order valence-electron chi connectivity index (χ4n) is 2.97. The lowest BCUT2D eigenvalue weighted by molar-refractivity contribution is -0.147. The van der Waals surface area contributed by atoms with Crippen LogP contribution in [0.3, 0.4) is 0 Å². The quantitative estimate of drug-likeness (QED) is 0.682. The number of methoxy groups -OCH3 is 1. The van der Waals surface area contributed by atoms with Crippen LogP contribution in [0.25, 0.3) is 5.69 Å². The molecule has 0 aliphatic heterocycles. The molecule has 2 atom stereocenters. The zero-order valence-corrected chi connectivity index (χ0v) is 17.4.